The molecule has 1 aliphatic heterocycles. The second-order valence-corrected chi connectivity index (χ2v) is 8.57. The van der Waals surface area contributed by atoms with Crippen molar-refractivity contribution in [1.29, 1.82) is 0 Å². The second kappa shape index (κ2) is 8.28. The first-order valence-electron chi connectivity index (χ1n) is 9.27. The van der Waals surface area contributed by atoms with Crippen molar-refractivity contribution in [2.45, 2.75) is 45.3 Å². The number of carboxylic acid groups (broad SMARTS) is 1. The summed E-state index contributed by atoms with van der Waals surface area (Å²) >= 11 is 1.39. The summed E-state index contributed by atoms with van der Waals surface area (Å²) in [6.45, 7) is 7.24. The van der Waals surface area contributed by atoms with Crippen molar-refractivity contribution in [2.24, 2.45) is 0 Å². The molecule has 7 nitrogen and oxygen atoms in total. The molecule has 0 bridgehead atoms. The Morgan fingerprint density at radius 3 is 2.43 bits per heavy atom. The zero-order valence-corrected chi connectivity index (χ0v) is 17.1. The number of hydrogen-bond acceptors (Lipinski definition) is 6. The first-order valence-corrected chi connectivity index (χ1v) is 10.1. The van der Waals surface area contributed by atoms with Gasteiger partial charge in [0.2, 0.25) is 0 Å². The Labute approximate surface area is 168 Å². The normalized spacial score (nSPS) is 15.2. The van der Waals surface area contributed by atoms with Crippen LogP contribution < -0.4 is 10.2 Å². The Morgan fingerprint density at radius 2 is 1.86 bits per heavy atom. The Balaban J connectivity index is 1.88. The summed E-state index contributed by atoms with van der Waals surface area (Å²) in [5, 5.41) is 14.8. The maximum Gasteiger partial charge on any atom is 0.416 e. The fraction of sp³-hybridized carbons (Fsp3) is 0.450. The third-order valence-electron chi connectivity index (χ3n) is 4.39. The molecular formula is C20H25N3O4S. The zero-order chi connectivity index (χ0) is 20.3. The lowest BCUT2D eigenvalue weighted by atomic mass is 10.1. The van der Waals surface area contributed by atoms with E-state index in [1.54, 1.807) is 29.2 Å². The fourth-order valence-corrected chi connectivity index (χ4v) is 3.94. The predicted molar refractivity (Wildman–Crippen MR) is 109 cm³/mol. The number of piperidine rings is 1. The Kier molecular flexibility index (Phi) is 6.00. The SMILES string of the molecule is CC(C)(C)OC(=O)N(c1nc(-c2ccc(C(=O)O)cc2)cs1)C1CCNCC1. The number of aromatic carboxylic acids is 1. The molecule has 1 aromatic heterocycles. The maximum absolute atomic E-state index is 12.9. The third-order valence-corrected chi connectivity index (χ3v) is 5.23. The fourth-order valence-electron chi connectivity index (χ4n) is 3.05. The topological polar surface area (TPSA) is 91.8 Å². The van der Waals surface area contributed by atoms with Gasteiger partial charge in [-0.2, -0.15) is 0 Å². The molecule has 0 atom stereocenters. The first-order chi connectivity index (χ1) is 13.2. The van der Waals surface area contributed by atoms with Crippen LogP contribution in [0, 0.1) is 0 Å². The molecule has 1 aliphatic rings. The van der Waals surface area contributed by atoms with Gasteiger partial charge in [0.15, 0.2) is 5.13 Å². The number of ether oxygens (including phenoxy) is 1. The molecule has 150 valence electrons. The lowest BCUT2D eigenvalue weighted by molar-refractivity contribution is 0.0558. The summed E-state index contributed by atoms with van der Waals surface area (Å²) < 4.78 is 5.63. The lowest BCUT2D eigenvalue weighted by Gasteiger charge is -2.34. The Hall–Kier alpha value is -2.45. The van der Waals surface area contributed by atoms with Crippen molar-refractivity contribution in [2.75, 3.05) is 18.0 Å². The minimum Gasteiger partial charge on any atom is -0.478 e. The van der Waals surface area contributed by atoms with Crippen LogP contribution in [0.5, 0.6) is 0 Å². The van der Waals surface area contributed by atoms with Crippen LogP contribution in [0.2, 0.25) is 0 Å². The average Bonchev–Trinajstić information content (AvgIpc) is 3.11. The highest BCUT2D eigenvalue weighted by Crippen LogP contribution is 2.31. The van der Waals surface area contributed by atoms with E-state index in [0.29, 0.717) is 10.8 Å². The number of nitrogens with one attached hydrogen (secondary N) is 1. The molecule has 1 saturated heterocycles. The van der Waals surface area contributed by atoms with Crippen LogP contribution >= 0.6 is 11.3 Å². The van der Waals surface area contributed by atoms with E-state index in [1.807, 2.05) is 26.2 Å². The molecule has 2 aromatic rings. The lowest BCUT2D eigenvalue weighted by Crippen LogP contribution is -2.48. The number of benzene rings is 1. The standard InChI is InChI=1S/C20H25N3O4S/c1-20(2,3)27-19(26)23(15-8-10-21-11-9-15)18-22-16(12-28-18)13-4-6-14(7-5-13)17(24)25/h4-7,12,15,21H,8-11H2,1-3H3,(H,24,25). The highest BCUT2D eigenvalue weighted by molar-refractivity contribution is 7.14. The Morgan fingerprint density at radius 1 is 1.21 bits per heavy atom. The minimum atomic E-state index is -0.965. The molecule has 8 heteroatoms. The molecule has 3 rings (SSSR count). The highest BCUT2D eigenvalue weighted by atomic mass is 32.1. The molecule has 2 N–H and O–H groups in total. The molecule has 1 aromatic carbocycles. The predicted octanol–water partition coefficient (Wildman–Crippen LogP) is 4.00. The van der Waals surface area contributed by atoms with E-state index in [2.05, 4.69) is 10.3 Å². The van der Waals surface area contributed by atoms with E-state index >= 15 is 0 Å². The van der Waals surface area contributed by atoms with Crippen LogP contribution in [-0.2, 0) is 4.74 Å². The summed E-state index contributed by atoms with van der Waals surface area (Å²) in [7, 11) is 0. The van der Waals surface area contributed by atoms with Crippen molar-refractivity contribution in [1.82, 2.24) is 10.3 Å². The summed E-state index contributed by atoms with van der Waals surface area (Å²) in [6, 6.07) is 6.59. The van der Waals surface area contributed by atoms with Crippen LogP contribution in [0.15, 0.2) is 29.6 Å². The van der Waals surface area contributed by atoms with Gasteiger partial charge in [-0.1, -0.05) is 12.1 Å². The van der Waals surface area contributed by atoms with Crippen molar-refractivity contribution >= 4 is 28.5 Å². The van der Waals surface area contributed by atoms with Gasteiger partial charge in [0.25, 0.3) is 0 Å². The highest BCUT2D eigenvalue weighted by Gasteiger charge is 2.32. The Bertz CT molecular complexity index is 836. The molecule has 28 heavy (non-hydrogen) atoms. The van der Waals surface area contributed by atoms with E-state index in [0.717, 1.165) is 31.5 Å². The summed E-state index contributed by atoms with van der Waals surface area (Å²) in [4.78, 5) is 30.3. The minimum absolute atomic E-state index is 0.0319. The number of thiazole rings is 1. The van der Waals surface area contributed by atoms with Crippen LogP contribution in [0.1, 0.15) is 44.0 Å². The number of rotatable bonds is 4. The van der Waals surface area contributed by atoms with E-state index < -0.39 is 11.6 Å². The van der Waals surface area contributed by atoms with E-state index in [9.17, 15) is 9.59 Å². The number of carbonyl (C=O) groups is 2. The molecular weight excluding hydrogens is 378 g/mol. The van der Waals surface area contributed by atoms with Gasteiger partial charge < -0.3 is 15.2 Å². The first kappa shape index (κ1) is 20.3. The number of nitrogens with zero attached hydrogens (tertiary/aromatic N) is 2. The van der Waals surface area contributed by atoms with Crippen molar-refractivity contribution in [3.05, 3.63) is 35.2 Å². The molecule has 1 amide bonds. The molecule has 0 unspecified atom stereocenters. The number of aromatic nitrogens is 1. The van der Waals surface area contributed by atoms with Crippen LogP contribution in [0.3, 0.4) is 0 Å². The zero-order valence-electron chi connectivity index (χ0n) is 16.3. The molecule has 0 radical (unpaired) electrons. The molecule has 0 saturated carbocycles. The average molecular weight is 404 g/mol. The number of carbonyl (C=O) groups excluding carboxylic acids is 1. The number of amides is 1. The molecule has 2 heterocycles. The number of anilines is 1. The van der Waals surface area contributed by atoms with Crippen molar-refractivity contribution < 1.29 is 19.4 Å². The second-order valence-electron chi connectivity index (χ2n) is 7.73. The van der Waals surface area contributed by atoms with Gasteiger partial charge in [-0.25, -0.2) is 19.5 Å². The molecule has 0 spiro atoms. The van der Waals surface area contributed by atoms with Crippen LogP contribution in [0.4, 0.5) is 9.93 Å². The number of hydrogen-bond donors (Lipinski definition) is 2. The van der Waals surface area contributed by atoms with Gasteiger partial charge >= 0.3 is 12.1 Å². The van der Waals surface area contributed by atoms with E-state index in [1.165, 1.54) is 11.3 Å². The van der Waals surface area contributed by atoms with Crippen LogP contribution in [0.25, 0.3) is 11.3 Å². The van der Waals surface area contributed by atoms with Crippen LogP contribution in [-0.4, -0.2) is 46.9 Å². The van der Waals surface area contributed by atoms with Gasteiger partial charge in [-0.05, 0) is 58.8 Å². The smallest absolute Gasteiger partial charge is 0.416 e. The summed E-state index contributed by atoms with van der Waals surface area (Å²) in [5.41, 5.74) is 1.15. The van der Waals surface area contributed by atoms with E-state index in [-0.39, 0.29) is 17.7 Å². The van der Waals surface area contributed by atoms with Gasteiger partial charge in [0, 0.05) is 17.0 Å². The molecule has 1 fully saturated rings. The number of carboxylic acids is 1. The van der Waals surface area contributed by atoms with Gasteiger partial charge in [0.05, 0.1) is 11.3 Å². The van der Waals surface area contributed by atoms with Gasteiger partial charge in [0.1, 0.15) is 5.60 Å². The van der Waals surface area contributed by atoms with E-state index in [4.69, 9.17) is 9.84 Å². The monoisotopic (exact) mass is 403 g/mol. The summed E-state index contributed by atoms with van der Waals surface area (Å²) in [5.74, 6) is -0.965. The summed E-state index contributed by atoms with van der Waals surface area (Å²) in [6.07, 6.45) is 1.28. The van der Waals surface area contributed by atoms with Gasteiger partial charge in [-0.3, -0.25) is 0 Å². The maximum atomic E-state index is 12.9. The largest absolute Gasteiger partial charge is 0.478 e. The molecule has 0 aliphatic carbocycles. The van der Waals surface area contributed by atoms with Crippen molar-refractivity contribution in [3.8, 4) is 11.3 Å². The quantitative estimate of drug-likeness (QED) is 0.802. The van der Waals surface area contributed by atoms with Crippen molar-refractivity contribution in [3.63, 3.8) is 0 Å². The van der Waals surface area contributed by atoms with Gasteiger partial charge in [-0.15, -0.1) is 11.3 Å². The third kappa shape index (κ3) is 4.88.